The van der Waals surface area contributed by atoms with E-state index in [1.54, 1.807) is 0 Å². The Labute approximate surface area is 79.9 Å². The third kappa shape index (κ3) is 1.88. The minimum absolute atomic E-state index is 0.207. The molecule has 0 saturated carbocycles. The van der Waals surface area contributed by atoms with Crippen molar-refractivity contribution in [2.75, 3.05) is 0 Å². The van der Waals surface area contributed by atoms with Crippen LogP contribution in [-0.4, -0.2) is 11.3 Å². The molecule has 0 aliphatic rings. The molecule has 0 N–H and O–H groups in total. The van der Waals surface area contributed by atoms with Gasteiger partial charge in [0.2, 0.25) is 5.95 Å². The number of alkyl halides is 2. The van der Waals surface area contributed by atoms with Gasteiger partial charge in [0.15, 0.2) is 6.29 Å². The smallest absolute Gasteiger partial charge is 0.265 e. The van der Waals surface area contributed by atoms with Crippen LogP contribution in [0.25, 0.3) is 0 Å². The van der Waals surface area contributed by atoms with E-state index in [0.29, 0.717) is 0 Å². The first-order valence-electron chi connectivity index (χ1n) is 3.15. The number of rotatable bonds is 2. The largest absolute Gasteiger partial charge is 0.298 e. The van der Waals surface area contributed by atoms with Gasteiger partial charge in [-0.25, -0.2) is 13.8 Å². The van der Waals surface area contributed by atoms with Gasteiger partial charge in [-0.3, -0.25) is 4.79 Å². The molecule has 1 aromatic heterocycles. The van der Waals surface area contributed by atoms with Crippen LogP contribution in [0.3, 0.4) is 0 Å². The molecular weight excluding hydrogens is 251 g/mol. The molecule has 0 aliphatic carbocycles. The molecule has 0 radical (unpaired) electrons. The highest BCUT2D eigenvalue weighted by molar-refractivity contribution is 9.10. The van der Waals surface area contributed by atoms with Crippen molar-refractivity contribution in [2.45, 2.75) is 6.43 Å². The second-order valence-corrected chi connectivity index (χ2v) is 2.94. The third-order valence-electron chi connectivity index (χ3n) is 1.39. The number of nitrogens with zero attached hydrogens (tertiary/aromatic N) is 1. The second-order valence-electron chi connectivity index (χ2n) is 2.15. The minimum Gasteiger partial charge on any atom is -0.298 e. The molecule has 0 spiro atoms. The van der Waals surface area contributed by atoms with Crippen molar-refractivity contribution in [1.82, 2.24) is 4.98 Å². The van der Waals surface area contributed by atoms with Crippen molar-refractivity contribution < 1.29 is 18.0 Å². The van der Waals surface area contributed by atoms with Crippen molar-refractivity contribution in [1.29, 1.82) is 0 Å². The summed E-state index contributed by atoms with van der Waals surface area (Å²) in [5.74, 6) is -1.05. The van der Waals surface area contributed by atoms with Gasteiger partial charge in [0.05, 0.1) is 4.47 Å². The van der Waals surface area contributed by atoms with Crippen LogP contribution in [0.1, 0.15) is 22.3 Å². The zero-order chi connectivity index (χ0) is 10.0. The van der Waals surface area contributed by atoms with E-state index in [2.05, 4.69) is 20.9 Å². The van der Waals surface area contributed by atoms with E-state index in [0.717, 1.165) is 6.20 Å². The van der Waals surface area contributed by atoms with Crippen LogP contribution in [0.2, 0.25) is 0 Å². The van der Waals surface area contributed by atoms with E-state index >= 15 is 0 Å². The molecule has 0 aliphatic heterocycles. The molecule has 70 valence electrons. The Morgan fingerprint density at radius 3 is 2.62 bits per heavy atom. The van der Waals surface area contributed by atoms with E-state index in [4.69, 9.17) is 0 Å². The summed E-state index contributed by atoms with van der Waals surface area (Å²) in [5.41, 5.74) is -0.981. The molecule has 0 atom stereocenters. The van der Waals surface area contributed by atoms with Crippen LogP contribution < -0.4 is 0 Å². The van der Waals surface area contributed by atoms with Crippen molar-refractivity contribution in [3.63, 3.8) is 0 Å². The van der Waals surface area contributed by atoms with Crippen molar-refractivity contribution in [3.05, 3.63) is 27.7 Å². The number of carbonyl (C=O) groups excluding carboxylic acids is 1. The van der Waals surface area contributed by atoms with Gasteiger partial charge >= 0.3 is 0 Å². The summed E-state index contributed by atoms with van der Waals surface area (Å²) in [6.07, 6.45) is -1.93. The predicted molar refractivity (Wildman–Crippen MR) is 42.2 cm³/mol. The molecule has 6 heteroatoms. The van der Waals surface area contributed by atoms with Crippen LogP contribution in [0.5, 0.6) is 0 Å². The lowest BCUT2D eigenvalue weighted by molar-refractivity contribution is 0.110. The van der Waals surface area contributed by atoms with Crippen molar-refractivity contribution >= 4 is 22.2 Å². The molecule has 0 aromatic carbocycles. The predicted octanol–water partition coefficient (Wildman–Crippen LogP) is 2.73. The summed E-state index contributed by atoms with van der Waals surface area (Å²) in [6, 6.07) is 0. The first kappa shape index (κ1) is 10.2. The Morgan fingerprint density at radius 1 is 1.54 bits per heavy atom. The van der Waals surface area contributed by atoms with Gasteiger partial charge in [0, 0.05) is 17.3 Å². The first-order chi connectivity index (χ1) is 6.07. The molecule has 0 bridgehead atoms. The van der Waals surface area contributed by atoms with Crippen molar-refractivity contribution in [3.8, 4) is 0 Å². The molecule has 0 saturated heterocycles. The Balaban J connectivity index is 3.41. The lowest BCUT2D eigenvalue weighted by Gasteiger charge is -2.05. The topological polar surface area (TPSA) is 30.0 Å². The summed E-state index contributed by atoms with van der Waals surface area (Å²) < 4.78 is 36.7. The second kappa shape index (κ2) is 3.87. The fraction of sp³-hybridized carbons (Fsp3) is 0.143. The summed E-state index contributed by atoms with van der Waals surface area (Å²) in [7, 11) is 0. The van der Waals surface area contributed by atoms with Crippen LogP contribution in [0, 0.1) is 5.95 Å². The maximum atomic E-state index is 12.6. The normalized spacial score (nSPS) is 10.5. The molecule has 2 nitrogen and oxygen atoms in total. The lowest BCUT2D eigenvalue weighted by atomic mass is 10.1. The lowest BCUT2D eigenvalue weighted by Crippen LogP contribution is -1.99. The molecule has 0 fully saturated rings. The maximum absolute atomic E-state index is 12.6. The fourth-order valence-electron chi connectivity index (χ4n) is 0.806. The summed E-state index contributed by atoms with van der Waals surface area (Å²) >= 11 is 2.60. The minimum atomic E-state index is -2.91. The monoisotopic (exact) mass is 253 g/mol. The highest BCUT2D eigenvalue weighted by Crippen LogP contribution is 2.30. The van der Waals surface area contributed by atoms with E-state index in [-0.39, 0.29) is 11.8 Å². The number of aldehydes is 1. The quantitative estimate of drug-likeness (QED) is 0.600. The summed E-state index contributed by atoms with van der Waals surface area (Å²) in [6.45, 7) is 0. The number of aromatic nitrogens is 1. The highest BCUT2D eigenvalue weighted by atomic mass is 79.9. The van der Waals surface area contributed by atoms with Crippen LogP contribution >= 0.6 is 15.9 Å². The van der Waals surface area contributed by atoms with Gasteiger partial charge in [0.1, 0.15) is 0 Å². The molecule has 0 amide bonds. The number of hydrogen-bond donors (Lipinski definition) is 0. The molecule has 1 aromatic rings. The van der Waals surface area contributed by atoms with E-state index in [1.807, 2.05) is 0 Å². The maximum Gasteiger partial charge on any atom is 0.265 e. The zero-order valence-corrected chi connectivity index (χ0v) is 7.69. The van der Waals surface area contributed by atoms with Crippen LogP contribution in [0.15, 0.2) is 10.7 Å². The average molecular weight is 254 g/mol. The van der Waals surface area contributed by atoms with Gasteiger partial charge in [-0.2, -0.15) is 4.39 Å². The molecule has 0 unspecified atom stereocenters. The Hall–Kier alpha value is -0.910. The Kier molecular flexibility index (Phi) is 3.02. The summed E-state index contributed by atoms with van der Waals surface area (Å²) in [4.78, 5) is 13.4. The van der Waals surface area contributed by atoms with Crippen LogP contribution in [-0.2, 0) is 0 Å². The van der Waals surface area contributed by atoms with E-state index in [1.165, 1.54) is 0 Å². The Morgan fingerprint density at radius 2 is 2.15 bits per heavy atom. The number of carbonyl (C=O) groups is 1. The Bertz CT molecular complexity index is 343. The molecule has 1 rings (SSSR count). The van der Waals surface area contributed by atoms with Crippen molar-refractivity contribution in [2.24, 2.45) is 0 Å². The number of halogens is 4. The van der Waals surface area contributed by atoms with Gasteiger partial charge in [-0.05, 0) is 15.9 Å². The van der Waals surface area contributed by atoms with Crippen LogP contribution in [0.4, 0.5) is 13.2 Å². The van der Waals surface area contributed by atoms with Gasteiger partial charge in [0.25, 0.3) is 6.43 Å². The molecular formula is C7H3BrF3NO. The molecule has 13 heavy (non-hydrogen) atoms. The highest BCUT2D eigenvalue weighted by Gasteiger charge is 2.20. The van der Waals surface area contributed by atoms with Gasteiger partial charge in [-0.1, -0.05) is 0 Å². The summed E-state index contributed by atoms with van der Waals surface area (Å²) in [5, 5.41) is 0. The van der Waals surface area contributed by atoms with E-state index < -0.39 is 22.4 Å². The number of hydrogen-bond acceptors (Lipinski definition) is 2. The number of pyridine rings is 1. The third-order valence-corrected chi connectivity index (χ3v) is 2.15. The van der Waals surface area contributed by atoms with Gasteiger partial charge in [-0.15, -0.1) is 0 Å². The van der Waals surface area contributed by atoms with E-state index in [9.17, 15) is 18.0 Å². The first-order valence-corrected chi connectivity index (χ1v) is 3.94. The van der Waals surface area contributed by atoms with Gasteiger partial charge < -0.3 is 0 Å². The fourth-order valence-corrected chi connectivity index (χ4v) is 1.31. The average Bonchev–Trinajstić information content (AvgIpc) is 2.08. The standard InChI is InChI=1S/C7H3BrF3NO/c8-5-4(6(9)10)3(2-13)1-12-7(5)11/h1-2,6H. The molecule has 1 heterocycles. The SMILES string of the molecule is O=Cc1cnc(F)c(Br)c1C(F)F. The zero-order valence-electron chi connectivity index (χ0n) is 6.10.